The molecule has 2 aliphatic rings. The molecule has 0 aromatic carbocycles. The summed E-state index contributed by atoms with van der Waals surface area (Å²) in [7, 11) is 0. The van der Waals surface area contributed by atoms with Crippen LogP contribution in [0.25, 0.3) is 0 Å². The molecule has 3 atom stereocenters. The Morgan fingerprint density at radius 2 is 2.00 bits per heavy atom. The van der Waals surface area contributed by atoms with E-state index in [1.54, 1.807) is 0 Å². The van der Waals surface area contributed by atoms with Gasteiger partial charge in [0, 0.05) is 19.1 Å². The maximum Gasteiger partial charge on any atom is 0.0238 e. The summed E-state index contributed by atoms with van der Waals surface area (Å²) in [4.78, 5) is 0. The molecule has 0 bridgehead atoms. The smallest absolute Gasteiger partial charge is 0.0238 e. The van der Waals surface area contributed by atoms with Gasteiger partial charge in [0.05, 0.1) is 0 Å². The Bertz CT molecular complexity index is 181. The molecular weight excluding hydrogens is 184 g/mol. The lowest BCUT2D eigenvalue weighted by molar-refractivity contribution is 0.167. The highest BCUT2D eigenvalue weighted by atomic mass is 15.1. The van der Waals surface area contributed by atoms with Crippen molar-refractivity contribution in [2.24, 2.45) is 11.3 Å². The molecular formula is C13H28N2. The fourth-order valence-corrected chi connectivity index (χ4v) is 3.03. The molecule has 0 amide bonds. The maximum atomic E-state index is 3.67. The molecule has 2 aliphatic heterocycles. The van der Waals surface area contributed by atoms with Gasteiger partial charge in [-0.3, -0.25) is 0 Å². The minimum Gasteiger partial charge on any atom is -0.315 e. The summed E-state index contributed by atoms with van der Waals surface area (Å²) in [5, 5.41) is 7.19. The Balaban J connectivity index is 0.000000531. The SMILES string of the molecule is CC.CCC1(C)CCCNC2CNCC21. The molecule has 0 aromatic rings. The van der Waals surface area contributed by atoms with Crippen LogP contribution in [-0.4, -0.2) is 25.7 Å². The Morgan fingerprint density at radius 1 is 1.27 bits per heavy atom. The molecule has 0 spiro atoms. The highest BCUT2D eigenvalue weighted by Crippen LogP contribution is 2.40. The van der Waals surface area contributed by atoms with E-state index in [4.69, 9.17) is 0 Å². The summed E-state index contributed by atoms with van der Waals surface area (Å²) >= 11 is 0. The fraction of sp³-hybridized carbons (Fsp3) is 1.00. The van der Waals surface area contributed by atoms with Gasteiger partial charge >= 0.3 is 0 Å². The van der Waals surface area contributed by atoms with E-state index in [1.165, 1.54) is 38.9 Å². The summed E-state index contributed by atoms with van der Waals surface area (Å²) in [6.45, 7) is 12.5. The van der Waals surface area contributed by atoms with Crippen LogP contribution in [-0.2, 0) is 0 Å². The predicted molar refractivity (Wildman–Crippen MR) is 67.1 cm³/mol. The second-order valence-electron chi connectivity index (χ2n) is 4.94. The van der Waals surface area contributed by atoms with E-state index in [1.807, 2.05) is 13.8 Å². The number of rotatable bonds is 1. The lowest BCUT2D eigenvalue weighted by atomic mass is 9.71. The molecule has 2 N–H and O–H groups in total. The van der Waals surface area contributed by atoms with Crippen LogP contribution in [0.2, 0.25) is 0 Å². The molecule has 0 aromatic heterocycles. The van der Waals surface area contributed by atoms with Crippen LogP contribution in [0, 0.1) is 11.3 Å². The van der Waals surface area contributed by atoms with Crippen molar-refractivity contribution in [2.75, 3.05) is 19.6 Å². The largest absolute Gasteiger partial charge is 0.315 e. The predicted octanol–water partition coefficient (Wildman–Crippen LogP) is 2.40. The Kier molecular flexibility index (Phi) is 5.07. The molecule has 2 heterocycles. The quantitative estimate of drug-likeness (QED) is 0.697. The molecule has 2 heteroatoms. The molecule has 2 rings (SSSR count). The van der Waals surface area contributed by atoms with Crippen molar-refractivity contribution in [3.8, 4) is 0 Å². The standard InChI is InChI=1S/C11H22N2.C2H6/c1-3-11(2)5-4-6-13-10-8-12-7-9(10)11;1-2/h9-10,12-13H,3-8H2,1-2H3;1-2H3. The lowest BCUT2D eigenvalue weighted by Crippen LogP contribution is -2.40. The van der Waals surface area contributed by atoms with E-state index >= 15 is 0 Å². The third kappa shape index (κ3) is 2.73. The van der Waals surface area contributed by atoms with Crippen molar-refractivity contribution < 1.29 is 0 Å². The second kappa shape index (κ2) is 5.86. The summed E-state index contributed by atoms with van der Waals surface area (Å²) in [5.74, 6) is 0.861. The van der Waals surface area contributed by atoms with E-state index in [0.29, 0.717) is 5.41 Å². The first-order chi connectivity index (χ1) is 7.26. The van der Waals surface area contributed by atoms with Crippen molar-refractivity contribution in [2.45, 2.75) is 53.0 Å². The van der Waals surface area contributed by atoms with Gasteiger partial charge in [-0.15, -0.1) is 0 Å². The molecule has 2 nitrogen and oxygen atoms in total. The van der Waals surface area contributed by atoms with E-state index < -0.39 is 0 Å². The van der Waals surface area contributed by atoms with Crippen LogP contribution >= 0.6 is 0 Å². The van der Waals surface area contributed by atoms with Crippen LogP contribution in [0.5, 0.6) is 0 Å². The molecule has 15 heavy (non-hydrogen) atoms. The first kappa shape index (κ1) is 13.0. The average Bonchev–Trinajstić information content (AvgIpc) is 2.70. The number of fused-ring (bicyclic) bond motifs is 1. The monoisotopic (exact) mass is 212 g/mol. The first-order valence-corrected chi connectivity index (χ1v) is 6.70. The minimum atomic E-state index is 0.581. The number of nitrogens with one attached hydrogen (secondary N) is 2. The zero-order valence-electron chi connectivity index (χ0n) is 10.9. The van der Waals surface area contributed by atoms with Gasteiger partial charge < -0.3 is 10.6 Å². The van der Waals surface area contributed by atoms with Crippen molar-refractivity contribution in [3.63, 3.8) is 0 Å². The highest BCUT2D eigenvalue weighted by molar-refractivity contribution is 4.97. The van der Waals surface area contributed by atoms with E-state index in [-0.39, 0.29) is 0 Å². The Labute approximate surface area is 95.2 Å². The van der Waals surface area contributed by atoms with Gasteiger partial charge in [0.15, 0.2) is 0 Å². The number of hydrogen-bond donors (Lipinski definition) is 2. The van der Waals surface area contributed by atoms with Gasteiger partial charge in [-0.1, -0.05) is 34.1 Å². The van der Waals surface area contributed by atoms with Gasteiger partial charge in [-0.2, -0.15) is 0 Å². The molecule has 2 fully saturated rings. The first-order valence-electron chi connectivity index (χ1n) is 6.70. The Hall–Kier alpha value is -0.0800. The van der Waals surface area contributed by atoms with Gasteiger partial charge in [0.2, 0.25) is 0 Å². The van der Waals surface area contributed by atoms with Crippen molar-refractivity contribution in [1.29, 1.82) is 0 Å². The third-order valence-corrected chi connectivity index (χ3v) is 4.25. The molecule has 0 saturated carbocycles. The second-order valence-corrected chi connectivity index (χ2v) is 4.94. The summed E-state index contributed by atoms with van der Waals surface area (Å²) < 4.78 is 0. The van der Waals surface area contributed by atoms with Gasteiger partial charge in [0.1, 0.15) is 0 Å². The Morgan fingerprint density at radius 3 is 2.67 bits per heavy atom. The molecule has 0 radical (unpaired) electrons. The normalized spacial score (nSPS) is 40.0. The average molecular weight is 212 g/mol. The van der Waals surface area contributed by atoms with Gasteiger partial charge in [0.25, 0.3) is 0 Å². The van der Waals surface area contributed by atoms with Crippen LogP contribution in [0.3, 0.4) is 0 Å². The minimum absolute atomic E-state index is 0.581. The molecule has 0 aliphatic carbocycles. The number of hydrogen-bond acceptors (Lipinski definition) is 2. The fourth-order valence-electron chi connectivity index (χ4n) is 3.03. The summed E-state index contributed by atoms with van der Waals surface area (Å²) in [6, 6.07) is 0.743. The van der Waals surface area contributed by atoms with Crippen LogP contribution in [0.15, 0.2) is 0 Å². The summed E-state index contributed by atoms with van der Waals surface area (Å²) in [6.07, 6.45) is 4.09. The highest BCUT2D eigenvalue weighted by Gasteiger charge is 2.41. The van der Waals surface area contributed by atoms with Crippen LogP contribution < -0.4 is 10.6 Å². The summed E-state index contributed by atoms with van der Waals surface area (Å²) in [5.41, 5.74) is 0.581. The zero-order chi connectivity index (χ0) is 11.3. The van der Waals surface area contributed by atoms with Crippen molar-refractivity contribution in [3.05, 3.63) is 0 Å². The van der Waals surface area contributed by atoms with E-state index in [9.17, 15) is 0 Å². The van der Waals surface area contributed by atoms with Gasteiger partial charge in [-0.05, 0) is 30.7 Å². The molecule has 2 saturated heterocycles. The van der Waals surface area contributed by atoms with Crippen molar-refractivity contribution >= 4 is 0 Å². The maximum absolute atomic E-state index is 3.67. The van der Waals surface area contributed by atoms with Crippen LogP contribution in [0.4, 0.5) is 0 Å². The molecule has 3 unspecified atom stereocenters. The van der Waals surface area contributed by atoms with E-state index in [2.05, 4.69) is 24.5 Å². The topological polar surface area (TPSA) is 24.1 Å². The van der Waals surface area contributed by atoms with Crippen molar-refractivity contribution in [1.82, 2.24) is 10.6 Å². The van der Waals surface area contributed by atoms with Crippen LogP contribution in [0.1, 0.15) is 47.0 Å². The van der Waals surface area contributed by atoms with Gasteiger partial charge in [-0.25, -0.2) is 0 Å². The lowest BCUT2D eigenvalue weighted by Gasteiger charge is -2.35. The third-order valence-electron chi connectivity index (χ3n) is 4.25. The van der Waals surface area contributed by atoms with E-state index in [0.717, 1.165) is 12.0 Å². The zero-order valence-corrected chi connectivity index (χ0v) is 10.9. The molecule has 90 valence electrons.